The fraction of sp³-hybridized carbons (Fsp3) is 0.526. The normalized spacial score (nSPS) is 25.6. The summed E-state index contributed by atoms with van der Waals surface area (Å²) in [5, 5.41) is 17.6. The first-order valence-corrected chi connectivity index (χ1v) is 17.4. The molecular weight excluding hydrogens is 658 g/mol. The molecule has 3 N–H and O–H groups in total. The fourth-order valence-electron chi connectivity index (χ4n) is 8.01. The standard InChI is InChI=1S/C38H47N3O10/c1-22(48-29(42)15-18-39-33(43)25(20-23-10-8-7-9-11-23)40-35(45)51-36(2,3)4)34(44)49-27-14-16-38(46)28-21-24-12-13-26(47-6)31-30(24)37(38,32(27)50-31)17-19-41(28)5/h7-14,22,25,28,32,46H,15-21H2,1-6H3,(H,39,43)(H,40,45)/t22?,25-,28+,32-,37-,38+/m0/s1. The SMILES string of the molecule is COc1ccc2c3c1O[C@H]1C(OC(=O)C(C)OC(=O)CCNC(=O)[C@H](Cc4ccccc4)NC(=O)OC(C)(C)C)=CC[C@@]4(O)[C@@H](C2)N(C)CC[C@]314. The minimum atomic E-state index is -1.27. The van der Waals surface area contributed by atoms with Gasteiger partial charge < -0.3 is 44.3 Å². The zero-order valence-electron chi connectivity index (χ0n) is 29.9. The Bertz CT molecular complexity index is 1720. The highest BCUT2D eigenvalue weighted by Crippen LogP contribution is 2.65. The van der Waals surface area contributed by atoms with Crippen LogP contribution in [0.1, 0.15) is 63.6 Å². The number of rotatable bonds is 11. The number of carbonyl (C=O) groups is 4. The van der Waals surface area contributed by atoms with Crippen LogP contribution in [-0.4, -0.2) is 96.7 Å². The molecule has 2 heterocycles. The summed E-state index contributed by atoms with van der Waals surface area (Å²) in [7, 11) is 3.58. The largest absolute Gasteiger partial charge is 0.493 e. The number of esters is 2. The predicted octanol–water partition coefficient (Wildman–Crippen LogP) is 3.09. The Hall–Kier alpha value is -4.62. The van der Waals surface area contributed by atoms with Gasteiger partial charge in [0, 0.05) is 31.0 Å². The molecule has 0 radical (unpaired) electrons. The number of piperidine rings is 1. The Morgan fingerprint density at radius 1 is 1.12 bits per heavy atom. The maximum absolute atomic E-state index is 13.3. The van der Waals surface area contributed by atoms with Gasteiger partial charge in [-0.1, -0.05) is 36.4 Å². The lowest BCUT2D eigenvalue weighted by molar-refractivity contribution is -0.175. The van der Waals surface area contributed by atoms with Gasteiger partial charge in [0.15, 0.2) is 23.7 Å². The third-order valence-electron chi connectivity index (χ3n) is 10.3. The summed E-state index contributed by atoms with van der Waals surface area (Å²) in [6.45, 7) is 7.20. The van der Waals surface area contributed by atoms with E-state index in [4.69, 9.17) is 23.7 Å². The summed E-state index contributed by atoms with van der Waals surface area (Å²) in [6, 6.07) is 12.0. The van der Waals surface area contributed by atoms with Crippen molar-refractivity contribution in [2.24, 2.45) is 0 Å². The summed E-state index contributed by atoms with van der Waals surface area (Å²) < 4.78 is 28.8. The molecule has 13 nitrogen and oxygen atoms in total. The van der Waals surface area contributed by atoms with Gasteiger partial charge in [0.2, 0.25) is 5.91 Å². The number of carbonyl (C=O) groups excluding carboxylic acids is 4. The topological polar surface area (TPSA) is 162 Å². The molecule has 6 rings (SSSR count). The monoisotopic (exact) mass is 705 g/mol. The van der Waals surface area contributed by atoms with E-state index in [-0.39, 0.29) is 37.6 Å². The maximum atomic E-state index is 13.3. The average Bonchev–Trinajstić information content (AvgIpc) is 3.43. The number of aliphatic hydroxyl groups is 1. The van der Waals surface area contributed by atoms with Crippen molar-refractivity contribution in [1.82, 2.24) is 15.5 Å². The predicted molar refractivity (Wildman–Crippen MR) is 184 cm³/mol. The van der Waals surface area contributed by atoms with Crippen LogP contribution in [0.5, 0.6) is 11.5 Å². The van der Waals surface area contributed by atoms with Crippen LogP contribution in [0.3, 0.4) is 0 Å². The number of alkyl carbamates (subject to hydrolysis) is 1. The van der Waals surface area contributed by atoms with Crippen LogP contribution < -0.4 is 20.1 Å². The van der Waals surface area contributed by atoms with Crippen LogP contribution in [0.2, 0.25) is 0 Å². The van der Waals surface area contributed by atoms with Crippen LogP contribution in [0.4, 0.5) is 4.79 Å². The first-order valence-electron chi connectivity index (χ1n) is 17.4. The van der Waals surface area contributed by atoms with E-state index in [1.165, 1.54) is 6.92 Å². The number of methoxy groups -OCH3 is 1. The molecule has 2 aromatic rings. The Morgan fingerprint density at radius 2 is 1.86 bits per heavy atom. The molecule has 4 aliphatic rings. The van der Waals surface area contributed by atoms with Crippen LogP contribution in [-0.2, 0) is 46.9 Å². The van der Waals surface area contributed by atoms with E-state index < -0.39 is 58.8 Å². The molecule has 1 fully saturated rings. The molecule has 1 spiro atoms. The zero-order valence-corrected chi connectivity index (χ0v) is 29.9. The summed E-state index contributed by atoms with van der Waals surface area (Å²) in [4.78, 5) is 53.9. The van der Waals surface area contributed by atoms with Crippen molar-refractivity contribution in [1.29, 1.82) is 0 Å². The van der Waals surface area contributed by atoms with E-state index in [2.05, 4.69) is 15.5 Å². The van der Waals surface area contributed by atoms with Crippen molar-refractivity contribution in [2.75, 3.05) is 27.2 Å². The number of likely N-dealkylation sites (tertiary alicyclic amines) is 1. The molecule has 13 heteroatoms. The number of ether oxygens (including phenoxy) is 5. The number of hydrogen-bond donors (Lipinski definition) is 3. The quantitative estimate of drug-likeness (QED) is 0.233. The smallest absolute Gasteiger partial charge is 0.408 e. The highest BCUT2D eigenvalue weighted by molar-refractivity contribution is 5.86. The molecule has 2 amide bonds. The van der Waals surface area contributed by atoms with Gasteiger partial charge in [0.05, 0.1) is 24.5 Å². The van der Waals surface area contributed by atoms with Crippen molar-refractivity contribution in [3.05, 3.63) is 71.0 Å². The van der Waals surface area contributed by atoms with Gasteiger partial charge in [-0.05, 0) is 77.4 Å². The van der Waals surface area contributed by atoms with E-state index in [0.717, 1.165) is 23.2 Å². The first-order chi connectivity index (χ1) is 24.2. The lowest BCUT2D eigenvalue weighted by Gasteiger charge is -2.61. The lowest BCUT2D eigenvalue weighted by Crippen LogP contribution is -2.74. The summed E-state index contributed by atoms with van der Waals surface area (Å²) >= 11 is 0. The molecule has 0 saturated carbocycles. The van der Waals surface area contributed by atoms with Gasteiger partial charge in [-0.2, -0.15) is 0 Å². The number of nitrogens with one attached hydrogen (secondary N) is 2. The Balaban J connectivity index is 1.07. The molecule has 2 aliphatic heterocycles. The Labute approximate surface area is 297 Å². The Kier molecular flexibility index (Phi) is 9.81. The van der Waals surface area contributed by atoms with Crippen LogP contribution in [0.15, 0.2) is 54.3 Å². The second-order valence-corrected chi connectivity index (χ2v) is 14.8. The van der Waals surface area contributed by atoms with E-state index >= 15 is 0 Å². The number of amides is 2. The van der Waals surface area contributed by atoms with Gasteiger partial charge >= 0.3 is 18.0 Å². The number of benzene rings is 2. The summed E-state index contributed by atoms with van der Waals surface area (Å²) in [5.41, 5.74) is 0.0478. The minimum Gasteiger partial charge on any atom is -0.493 e. The number of likely N-dealkylation sites (N-methyl/N-ethyl adjacent to an activating group) is 1. The molecule has 1 unspecified atom stereocenters. The molecule has 51 heavy (non-hydrogen) atoms. The van der Waals surface area contributed by atoms with Crippen LogP contribution >= 0.6 is 0 Å². The minimum absolute atomic E-state index is 0.0963. The van der Waals surface area contributed by atoms with Crippen molar-refractivity contribution in [3.63, 3.8) is 0 Å². The first kappa shape index (κ1) is 36.2. The average molecular weight is 706 g/mol. The van der Waals surface area contributed by atoms with Crippen molar-refractivity contribution in [3.8, 4) is 11.5 Å². The van der Waals surface area contributed by atoms with E-state index in [0.29, 0.717) is 24.3 Å². The van der Waals surface area contributed by atoms with E-state index in [9.17, 15) is 24.3 Å². The van der Waals surface area contributed by atoms with Gasteiger partial charge in [-0.15, -0.1) is 0 Å². The fourth-order valence-corrected chi connectivity index (χ4v) is 8.01. The third-order valence-corrected chi connectivity index (χ3v) is 10.3. The summed E-state index contributed by atoms with van der Waals surface area (Å²) in [5.74, 6) is -0.671. The second kappa shape index (κ2) is 13.8. The molecule has 274 valence electrons. The van der Waals surface area contributed by atoms with Gasteiger partial charge in [0.25, 0.3) is 0 Å². The molecule has 2 aliphatic carbocycles. The van der Waals surface area contributed by atoms with Crippen LogP contribution in [0, 0.1) is 0 Å². The lowest BCUT2D eigenvalue weighted by atomic mass is 9.50. The number of nitrogens with zero attached hydrogens (tertiary/aromatic N) is 1. The molecule has 0 aromatic heterocycles. The molecular formula is C38H47N3O10. The molecule has 6 atom stereocenters. The molecule has 1 saturated heterocycles. The van der Waals surface area contributed by atoms with Gasteiger partial charge in [0.1, 0.15) is 17.4 Å². The van der Waals surface area contributed by atoms with E-state index in [1.54, 1.807) is 34.0 Å². The molecule has 2 aromatic carbocycles. The van der Waals surface area contributed by atoms with Crippen LogP contribution in [0.25, 0.3) is 0 Å². The maximum Gasteiger partial charge on any atom is 0.408 e. The van der Waals surface area contributed by atoms with Gasteiger partial charge in [-0.3, -0.25) is 9.59 Å². The van der Waals surface area contributed by atoms with Crippen molar-refractivity contribution in [2.45, 2.75) is 101 Å². The summed E-state index contributed by atoms with van der Waals surface area (Å²) in [6.07, 6.45) is 0.379. The highest BCUT2D eigenvalue weighted by Gasteiger charge is 2.72. The van der Waals surface area contributed by atoms with Crippen molar-refractivity contribution < 1.29 is 48.0 Å². The molecule has 2 bridgehead atoms. The van der Waals surface area contributed by atoms with Crippen molar-refractivity contribution >= 4 is 23.9 Å². The number of hydrogen-bond acceptors (Lipinski definition) is 11. The third kappa shape index (κ3) is 6.76. The zero-order chi connectivity index (χ0) is 36.7. The van der Waals surface area contributed by atoms with Gasteiger partial charge in [-0.25, -0.2) is 9.59 Å². The Morgan fingerprint density at radius 3 is 2.57 bits per heavy atom. The second-order valence-electron chi connectivity index (χ2n) is 14.8. The van der Waals surface area contributed by atoms with E-state index in [1.807, 2.05) is 49.5 Å². The highest BCUT2D eigenvalue weighted by atomic mass is 16.6.